The Kier molecular flexibility index (Phi) is 2.91. The molecule has 2 heteroatoms. The van der Waals surface area contributed by atoms with Gasteiger partial charge in [-0.15, -0.1) is 0 Å². The normalized spacial score (nSPS) is 52.6. The summed E-state index contributed by atoms with van der Waals surface area (Å²) in [6.45, 7) is 10.1. The summed E-state index contributed by atoms with van der Waals surface area (Å²) in [5, 5.41) is 11.6. The predicted octanol–water partition coefficient (Wildman–Crippen LogP) is 3.91. The molecule has 2 aliphatic carbocycles. The van der Waals surface area contributed by atoms with Gasteiger partial charge in [-0.2, -0.15) is 0 Å². The molecule has 1 heterocycles. The Hall–Kier alpha value is -0.0800. The molecule has 3 aliphatic rings. The molecule has 0 amide bonds. The van der Waals surface area contributed by atoms with Crippen molar-refractivity contribution in [1.29, 1.82) is 0 Å². The van der Waals surface area contributed by atoms with Gasteiger partial charge in [0.25, 0.3) is 0 Å². The van der Waals surface area contributed by atoms with Gasteiger partial charge in [0.05, 0.1) is 11.2 Å². The summed E-state index contributed by atoms with van der Waals surface area (Å²) < 4.78 is 6.21. The molecule has 0 aromatic heterocycles. The number of fused-ring (bicyclic) bond motifs is 3. The molecule has 110 valence electrons. The van der Waals surface area contributed by atoms with Crippen LogP contribution in [0.1, 0.15) is 72.6 Å². The Labute approximate surface area is 117 Å². The van der Waals surface area contributed by atoms with Crippen LogP contribution in [0.4, 0.5) is 0 Å². The zero-order valence-electron chi connectivity index (χ0n) is 13.1. The maximum Gasteiger partial charge on any atom is 0.0756 e. The Morgan fingerprint density at radius 2 is 1.84 bits per heavy atom. The Morgan fingerprint density at radius 1 is 1.11 bits per heavy atom. The molecule has 2 nitrogen and oxygen atoms in total. The Balaban J connectivity index is 2.06. The topological polar surface area (TPSA) is 29.5 Å². The fourth-order valence-electron chi connectivity index (χ4n) is 5.98. The number of ether oxygens (including phenoxy) is 1. The van der Waals surface area contributed by atoms with Crippen molar-refractivity contribution in [3.8, 4) is 0 Å². The molecule has 0 aromatic rings. The third-order valence-corrected chi connectivity index (χ3v) is 7.27. The average Bonchev–Trinajstić information content (AvgIpc) is 2.78. The van der Waals surface area contributed by atoms with E-state index in [9.17, 15) is 5.11 Å². The summed E-state index contributed by atoms with van der Waals surface area (Å²) in [6, 6.07) is 0. The van der Waals surface area contributed by atoms with Crippen molar-refractivity contribution in [2.75, 3.05) is 6.61 Å². The summed E-state index contributed by atoms with van der Waals surface area (Å²) >= 11 is 0. The first-order valence-electron chi connectivity index (χ1n) is 8.18. The van der Waals surface area contributed by atoms with Gasteiger partial charge in [-0.25, -0.2) is 0 Å². The highest BCUT2D eigenvalue weighted by atomic mass is 16.5. The molecule has 1 saturated heterocycles. The van der Waals surface area contributed by atoms with E-state index >= 15 is 0 Å². The van der Waals surface area contributed by atoms with Crippen LogP contribution in [0.2, 0.25) is 0 Å². The lowest BCUT2D eigenvalue weighted by molar-refractivity contribution is -0.257. The molecular weight excluding hydrogens is 236 g/mol. The fourth-order valence-corrected chi connectivity index (χ4v) is 5.98. The average molecular weight is 266 g/mol. The maximum absolute atomic E-state index is 11.6. The van der Waals surface area contributed by atoms with Crippen molar-refractivity contribution in [3.05, 3.63) is 0 Å². The SMILES string of the molecule is CC[C@@]12CC[C@@]3(O)C(C)(C)CCC[C@]3(C)[C@H]1CCO2. The van der Waals surface area contributed by atoms with E-state index in [0.29, 0.717) is 5.92 Å². The van der Waals surface area contributed by atoms with Gasteiger partial charge in [0, 0.05) is 12.0 Å². The van der Waals surface area contributed by atoms with E-state index in [1.165, 1.54) is 12.8 Å². The molecule has 1 aliphatic heterocycles. The molecule has 3 rings (SSSR count). The summed E-state index contributed by atoms with van der Waals surface area (Å²) in [5.41, 5.74) is -0.355. The monoisotopic (exact) mass is 266 g/mol. The van der Waals surface area contributed by atoms with E-state index in [1.807, 2.05) is 0 Å². The van der Waals surface area contributed by atoms with Crippen molar-refractivity contribution in [2.24, 2.45) is 16.7 Å². The highest BCUT2D eigenvalue weighted by Crippen LogP contribution is 2.67. The molecule has 3 fully saturated rings. The highest BCUT2D eigenvalue weighted by Gasteiger charge is 2.68. The van der Waals surface area contributed by atoms with Crippen LogP contribution in [0.25, 0.3) is 0 Å². The third kappa shape index (κ3) is 1.51. The van der Waals surface area contributed by atoms with Crippen LogP contribution in [0.15, 0.2) is 0 Å². The van der Waals surface area contributed by atoms with Gasteiger partial charge >= 0.3 is 0 Å². The molecule has 19 heavy (non-hydrogen) atoms. The van der Waals surface area contributed by atoms with E-state index in [4.69, 9.17) is 4.74 Å². The molecule has 1 N–H and O–H groups in total. The maximum atomic E-state index is 11.6. The summed E-state index contributed by atoms with van der Waals surface area (Å²) in [6.07, 6.45) is 7.79. The van der Waals surface area contributed by atoms with Gasteiger partial charge in [-0.05, 0) is 49.9 Å². The second-order valence-electron chi connectivity index (χ2n) is 8.12. The third-order valence-electron chi connectivity index (χ3n) is 7.27. The van der Waals surface area contributed by atoms with Crippen LogP contribution in [0, 0.1) is 16.7 Å². The number of rotatable bonds is 1. The number of hydrogen-bond acceptors (Lipinski definition) is 2. The van der Waals surface area contributed by atoms with Crippen LogP contribution < -0.4 is 0 Å². The van der Waals surface area contributed by atoms with Gasteiger partial charge in [0.15, 0.2) is 0 Å². The molecule has 0 aromatic carbocycles. The largest absolute Gasteiger partial charge is 0.389 e. The van der Waals surface area contributed by atoms with Gasteiger partial charge in [-0.1, -0.05) is 34.1 Å². The zero-order valence-corrected chi connectivity index (χ0v) is 13.1. The minimum absolute atomic E-state index is 0.0412. The summed E-state index contributed by atoms with van der Waals surface area (Å²) in [5.74, 6) is 0.545. The smallest absolute Gasteiger partial charge is 0.0756 e. The van der Waals surface area contributed by atoms with E-state index in [0.717, 1.165) is 38.7 Å². The molecule has 0 spiro atoms. The number of aliphatic hydroxyl groups is 1. The molecule has 2 saturated carbocycles. The van der Waals surface area contributed by atoms with Crippen molar-refractivity contribution in [2.45, 2.75) is 83.8 Å². The van der Waals surface area contributed by atoms with Gasteiger partial charge in [-0.3, -0.25) is 0 Å². The Bertz CT molecular complexity index is 377. The summed E-state index contributed by atoms with van der Waals surface area (Å²) in [4.78, 5) is 0. The molecule has 0 radical (unpaired) electrons. The van der Waals surface area contributed by atoms with Crippen LogP contribution >= 0.6 is 0 Å². The van der Waals surface area contributed by atoms with Crippen LogP contribution in [0.3, 0.4) is 0 Å². The first-order chi connectivity index (χ1) is 8.81. The van der Waals surface area contributed by atoms with E-state index in [-0.39, 0.29) is 16.4 Å². The van der Waals surface area contributed by atoms with Crippen molar-refractivity contribution in [3.63, 3.8) is 0 Å². The summed E-state index contributed by atoms with van der Waals surface area (Å²) in [7, 11) is 0. The lowest BCUT2D eigenvalue weighted by Crippen LogP contribution is -2.68. The minimum atomic E-state index is -0.505. The van der Waals surface area contributed by atoms with E-state index in [2.05, 4.69) is 27.7 Å². The molecular formula is C17H30O2. The first kappa shape index (κ1) is 13.9. The lowest BCUT2D eigenvalue weighted by Gasteiger charge is -2.65. The van der Waals surface area contributed by atoms with Gasteiger partial charge in [0.2, 0.25) is 0 Å². The van der Waals surface area contributed by atoms with Crippen LogP contribution in [-0.4, -0.2) is 22.9 Å². The number of hydrogen-bond donors (Lipinski definition) is 1. The van der Waals surface area contributed by atoms with Crippen molar-refractivity contribution in [1.82, 2.24) is 0 Å². The van der Waals surface area contributed by atoms with Crippen molar-refractivity contribution >= 4 is 0 Å². The van der Waals surface area contributed by atoms with Gasteiger partial charge in [0.1, 0.15) is 0 Å². The van der Waals surface area contributed by atoms with E-state index in [1.54, 1.807) is 0 Å². The zero-order chi connectivity index (χ0) is 13.9. The molecule has 0 bridgehead atoms. The second-order valence-corrected chi connectivity index (χ2v) is 8.12. The highest BCUT2D eigenvalue weighted by molar-refractivity contribution is 5.18. The second kappa shape index (κ2) is 3.98. The molecule has 0 unspecified atom stereocenters. The first-order valence-corrected chi connectivity index (χ1v) is 8.18. The Morgan fingerprint density at radius 3 is 2.53 bits per heavy atom. The standard InChI is InChI=1S/C17H30O2/c1-5-16-10-11-17(18)14(2,3)8-6-9-15(17,4)13(16)7-12-19-16/h13,18H,5-12H2,1-4H3/t13-,15-,16-,17-/m1/s1. The van der Waals surface area contributed by atoms with E-state index < -0.39 is 5.60 Å². The van der Waals surface area contributed by atoms with Gasteiger partial charge < -0.3 is 9.84 Å². The predicted molar refractivity (Wildman–Crippen MR) is 77.0 cm³/mol. The lowest BCUT2D eigenvalue weighted by atomic mass is 9.42. The quantitative estimate of drug-likeness (QED) is 0.779. The fraction of sp³-hybridized carbons (Fsp3) is 1.00. The molecule has 4 atom stereocenters. The minimum Gasteiger partial charge on any atom is -0.389 e. The van der Waals surface area contributed by atoms with Crippen molar-refractivity contribution < 1.29 is 9.84 Å². The van der Waals surface area contributed by atoms with Crippen LogP contribution in [0.5, 0.6) is 0 Å². The van der Waals surface area contributed by atoms with Crippen LogP contribution in [-0.2, 0) is 4.74 Å².